The van der Waals surface area contributed by atoms with Gasteiger partial charge in [0.05, 0.1) is 0 Å². The third kappa shape index (κ3) is 3.10. The molecule has 0 spiro atoms. The summed E-state index contributed by atoms with van der Waals surface area (Å²) in [7, 11) is 0. The molecule has 1 rings (SSSR count). The van der Waals surface area contributed by atoms with Crippen molar-refractivity contribution >= 4 is 11.8 Å². The summed E-state index contributed by atoms with van der Waals surface area (Å²) in [6, 6.07) is -0.504. The highest BCUT2D eigenvalue weighted by molar-refractivity contribution is 5.89. The monoisotopic (exact) mass is 253 g/mol. The van der Waals surface area contributed by atoms with E-state index in [4.69, 9.17) is 5.73 Å². The van der Waals surface area contributed by atoms with Crippen molar-refractivity contribution in [3.05, 3.63) is 12.7 Å². The molecule has 0 bridgehead atoms. The summed E-state index contributed by atoms with van der Waals surface area (Å²) in [4.78, 5) is 27.6. The molecule has 0 aromatic carbocycles. The van der Waals surface area contributed by atoms with Gasteiger partial charge >= 0.3 is 0 Å². The van der Waals surface area contributed by atoms with E-state index in [-0.39, 0.29) is 24.3 Å². The fourth-order valence-corrected chi connectivity index (χ4v) is 2.36. The average Bonchev–Trinajstić information content (AvgIpc) is 2.73. The van der Waals surface area contributed by atoms with Crippen LogP contribution in [0, 0.1) is 0 Å². The summed E-state index contributed by atoms with van der Waals surface area (Å²) < 4.78 is 0. The van der Waals surface area contributed by atoms with E-state index in [9.17, 15) is 9.59 Å². The van der Waals surface area contributed by atoms with Crippen molar-refractivity contribution in [2.24, 2.45) is 5.73 Å². The molecular formula is C13H23N3O2. The SMILES string of the molecule is C=CCC(=O)N1C[C@H](N)C[C@H]1C(=O)N(CC)CC. The second kappa shape index (κ2) is 6.54. The van der Waals surface area contributed by atoms with Gasteiger partial charge in [0.15, 0.2) is 0 Å². The summed E-state index contributed by atoms with van der Waals surface area (Å²) >= 11 is 0. The van der Waals surface area contributed by atoms with Crippen molar-refractivity contribution in [2.75, 3.05) is 19.6 Å². The zero-order valence-electron chi connectivity index (χ0n) is 11.3. The summed E-state index contributed by atoms with van der Waals surface area (Å²) in [5.74, 6) is -0.0613. The topological polar surface area (TPSA) is 66.6 Å². The average molecular weight is 253 g/mol. The number of nitrogens with two attached hydrogens (primary N) is 1. The molecule has 5 nitrogen and oxygen atoms in total. The first-order valence-corrected chi connectivity index (χ1v) is 6.49. The summed E-state index contributed by atoms with van der Waals surface area (Å²) in [5, 5.41) is 0. The van der Waals surface area contributed by atoms with Gasteiger partial charge in [-0.3, -0.25) is 9.59 Å². The van der Waals surface area contributed by atoms with Crippen molar-refractivity contribution in [1.82, 2.24) is 9.80 Å². The minimum atomic E-state index is -0.396. The number of carbonyl (C=O) groups is 2. The van der Waals surface area contributed by atoms with Crippen LogP contribution >= 0.6 is 0 Å². The Labute approximate surface area is 109 Å². The molecule has 1 saturated heterocycles. The highest BCUT2D eigenvalue weighted by Crippen LogP contribution is 2.20. The Morgan fingerprint density at radius 1 is 1.44 bits per heavy atom. The standard InChI is InChI=1S/C13H23N3O2/c1-4-7-12(17)16-9-10(14)8-11(16)13(18)15(5-2)6-3/h4,10-11H,1,5-9,14H2,2-3H3/t10-,11+/m1/s1. The molecular weight excluding hydrogens is 230 g/mol. The van der Waals surface area contributed by atoms with E-state index in [0.29, 0.717) is 26.1 Å². The lowest BCUT2D eigenvalue weighted by molar-refractivity contribution is -0.143. The van der Waals surface area contributed by atoms with Gasteiger partial charge in [-0.05, 0) is 20.3 Å². The summed E-state index contributed by atoms with van der Waals surface area (Å²) in [5.41, 5.74) is 5.88. The summed E-state index contributed by atoms with van der Waals surface area (Å²) in [6.45, 7) is 9.20. The lowest BCUT2D eigenvalue weighted by atomic mass is 10.1. The highest BCUT2D eigenvalue weighted by atomic mass is 16.2. The van der Waals surface area contributed by atoms with E-state index in [1.807, 2.05) is 13.8 Å². The second-order valence-corrected chi connectivity index (χ2v) is 4.56. The predicted octanol–water partition coefficient (Wildman–Crippen LogP) is 0.359. The van der Waals surface area contributed by atoms with E-state index in [1.165, 1.54) is 0 Å². The van der Waals surface area contributed by atoms with Crippen LogP contribution < -0.4 is 5.73 Å². The van der Waals surface area contributed by atoms with Crippen LogP contribution in [0.3, 0.4) is 0 Å². The van der Waals surface area contributed by atoms with Gasteiger partial charge in [-0.25, -0.2) is 0 Å². The smallest absolute Gasteiger partial charge is 0.245 e. The molecule has 2 amide bonds. The number of likely N-dealkylation sites (N-methyl/N-ethyl adjacent to an activating group) is 1. The first-order valence-electron chi connectivity index (χ1n) is 6.49. The van der Waals surface area contributed by atoms with Crippen molar-refractivity contribution in [1.29, 1.82) is 0 Å². The minimum absolute atomic E-state index is 0.00497. The normalized spacial score (nSPS) is 22.9. The largest absolute Gasteiger partial charge is 0.341 e. The van der Waals surface area contributed by atoms with Gasteiger partial charge in [0.25, 0.3) is 0 Å². The van der Waals surface area contributed by atoms with Crippen LogP contribution in [0.4, 0.5) is 0 Å². The lowest BCUT2D eigenvalue weighted by Gasteiger charge is -2.28. The molecule has 1 fully saturated rings. The molecule has 0 aromatic heterocycles. The number of hydrogen-bond acceptors (Lipinski definition) is 3. The highest BCUT2D eigenvalue weighted by Gasteiger charge is 2.38. The maximum atomic E-state index is 12.3. The van der Waals surface area contributed by atoms with E-state index in [2.05, 4.69) is 6.58 Å². The molecule has 0 radical (unpaired) electrons. The number of hydrogen-bond donors (Lipinski definition) is 1. The molecule has 1 aliphatic heterocycles. The van der Waals surface area contributed by atoms with Gasteiger partial charge in [0.2, 0.25) is 11.8 Å². The molecule has 0 unspecified atom stereocenters. The molecule has 1 heterocycles. The van der Waals surface area contributed by atoms with Gasteiger partial charge in [-0.1, -0.05) is 6.08 Å². The summed E-state index contributed by atoms with van der Waals surface area (Å²) in [6.07, 6.45) is 2.37. The van der Waals surface area contributed by atoms with Gasteiger partial charge in [-0.15, -0.1) is 6.58 Å². The zero-order valence-corrected chi connectivity index (χ0v) is 11.3. The van der Waals surface area contributed by atoms with Gasteiger partial charge in [0.1, 0.15) is 6.04 Å². The Balaban J connectivity index is 2.80. The molecule has 2 N–H and O–H groups in total. The number of likely N-dealkylation sites (tertiary alicyclic amines) is 1. The fourth-order valence-electron chi connectivity index (χ4n) is 2.36. The van der Waals surface area contributed by atoms with E-state index < -0.39 is 6.04 Å². The third-order valence-electron chi connectivity index (χ3n) is 3.33. The van der Waals surface area contributed by atoms with Crippen LogP contribution in [-0.2, 0) is 9.59 Å². The number of rotatable bonds is 5. The lowest BCUT2D eigenvalue weighted by Crippen LogP contribution is -2.47. The van der Waals surface area contributed by atoms with Crippen LogP contribution in [-0.4, -0.2) is 53.3 Å². The van der Waals surface area contributed by atoms with Crippen LogP contribution in [0.1, 0.15) is 26.7 Å². The fraction of sp³-hybridized carbons (Fsp3) is 0.692. The Kier molecular flexibility index (Phi) is 5.34. The molecule has 5 heteroatoms. The Bertz CT molecular complexity index is 326. The van der Waals surface area contributed by atoms with Crippen LogP contribution in [0.5, 0.6) is 0 Å². The number of nitrogens with zero attached hydrogens (tertiary/aromatic N) is 2. The minimum Gasteiger partial charge on any atom is -0.341 e. The molecule has 1 aliphatic rings. The van der Waals surface area contributed by atoms with Gasteiger partial charge < -0.3 is 15.5 Å². The van der Waals surface area contributed by atoms with Crippen molar-refractivity contribution in [2.45, 2.75) is 38.8 Å². The van der Waals surface area contributed by atoms with Crippen molar-refractivity contribution < 1.29 is 9.59 Å². The predicted molar refractivity (Wildman–Crippen MR) is 70.8 cm³/mol. The Morgan fingerprint density at radius 3 is 2.56 bits per heavy atom. The van der Waals surface area contributed by atoms with Crippen LogP contribution in [0.15, 0.2) is 12.7 Å². The molecule has 102 valence electrons. The van der Waals surface area contributed by atoms with Crippen molar-refractivity contribution in [3.63, 3.8) is 0 Å². The molecule has 18 heavy (non-hydrogen) atoms. The van der Waals surface area contributed by atoms with E-state index in [1.54, 1.807) is 15.9 Å². The molecule has 2 atom stereocenters. The van der Waals surface area contributed by atoms with Crippen LogP contribution in [0.25, 0.3) is 0 Å². The maximum Gasteiger partial charge on any atom is 0.245 e. The van der Waals surface area contributed by atoms with E-state index in [0.717, 1.165) is 0 Å². The Hall–Kier alpha value is -1.36. The molecule has 0 saturated carbocycles. The first kappa shape index (κ1) is 14.7. The number of amides is 2. The maximum absolute atomic E-state index is 12.3. The number of carbonyl (C=O) groups excluding carboxylic acids is 2. The first-order chi connectivity index (χ1) is 8.54. The molecule has 0 aromatic rings. The van der Waals surface area contributed by atoms with Gasteiger partial charge in [-0.2, -0.15) is 0 Å². The second-order valence-electron chi connectivity index (χ2n) is 4.56. The Morgan fingerprint density at radius 2 is 2.06 bits per heavy atom. The quantitative estimate of drug-likeness (QED) is 0.719. The third-order valence-corrected chi connectivity index (χ3v) is 3.33. The zero-order chi connectivity index (χ0) is 13.7. The molecule has 0 aliphatic carbocycles. The van der Waals surface area contributed by atoms with Gasteiger partial charge in [0, 0.05) is 32.1 Å². The van der Waals surface area contributed by atoms with E-state index >= 15 is 0 Å². The van der Waals surface area contributed by atoms with Crippen LogP contribution in [0.2, 0.25) is 0 Å². The van der Waals surface area contributed by atoms with Crippen molar-refractivity contribution in [3.8, 4) is 0 Å².